The molecule has 0 aliphatic carbocycles. The molecule has 45 heavy (non-hydrogen) atoms. The summed E-state index contributed by atoms with van der Waals surface area (Å²) >= 11 is 0. The standard InChI is InChI=1S/C43H84N2/c1-5-8-11-14-17-19-21-22-24-26-29-32-35-38-42(37-34-31-28-25-23-20-18-15-12-9-6-2)43-44-39-40-45(43)41(4)36-33-30-27-16-13-10-7-3/h39-42H,5-38H2,1-4H3/p+1. The summed E-state index contributed by atoms with van der Waals surface area (Å²) in [5, 5.41) is 0. The first-order valence-corrected chi connectivity index (χ1v) is 21.3. The predicted molar refractivity (Wildman–Crippen MR) is 202 cm³/mol. The van der Waals surface area contributed by atoms with Crippen molar-refractivity contribution in [2.45, 2.75) is 258 Å². The molecular formula is C43H85N2+. The second kappa shape index (κ2) is 33.1. The molecule has 0 bridgehead atoms. The monoisotopic (exact) mass is 630 g/mol. The molecule has 2 nitrogen and oxygen atoms in total. The fourth-order valence-corrected chi connectivity index (χ4v) is 7.49. The highest BCUT2D eigenvalue weighted by atomic mass is 15.1. The van der Waals surface area contributed by atoms with E-state index < -0.39 is 0 Å². The van der Waals surface area contributed by atoms with E-state index in [1.807, 2.05) is 0 Å². The van der Waals surface area contributed by atoms with Crippen molar-refractivity contribution in [3.05, 3.63) is 18.2 Å². The van der Waals surface area contributed by atoms with Crippen LogP contribution in [0.15, 0.2) is 12.4 Å². The Morgan fingerprint density at radius 2 is 0.711 bits per heavy atom. The minimum atomic E-state index is 0.619. The average molecular weight is 630 g/mol. The van der Waals surface area contributed by atoms with Gasteiger partial charge in [0.25, 0.3) is 5.82 Å². The van der Waals surface area contributed by atoms with Gasteiger partial charge in [-0.3, -0.25) is 0 Å². The van der Waals surface area contributed by atoms with Gasteiger partial charge in [0.05, 0.1) is 12.0 Å². The van der Waals surface area contributed by atoms with Crippen molar-refractivity contribution in [2.24, 2.45) is 0 Å². The minimum absolute atomic E-state index is 0.619. The maximum atomic E-state index is 3.76. The molecular weight excluding hydrogens is 544 g/mol. The van der Waals surface area contributed by atoms with Crippen molar-refractivity contribution >= 4 is 0 Å². The Bertz CT molecular complexity index is 694. The van der Waals surface area contributed by atoms with Gasteiger partial charge in [-0.15, -0.1) is 0 Å². The molecule has 0 aliphatic rings. The number of aromatic nitrogens is 2. The van der Waals surface area contributed by atoms with Crippen LogP contribution in [0.25, 0.3) is 0 Å². The van der Waals surface area contributed by atoms with Crippen LogP contribution in [0.2, 0.25) is 0 Å². The summed E-state index contributed by atoms with van der Waals surface area (Å²) in [7, 11) is 0. The number of aromatic amines is 1. The lowest BCUT2D eigenvalue weighted by molar-refractivity contribution is -0.727. The van der Waals surface area contributed by atoms with E-state index >= 15 is 0 Å². The fraction of sp³-hybridized carbons (Fsp3) is 0.930. The van der Waals surface area contributed by atoms with Crippen LogP contribution in [0.1, 0.15) is 264 Å². The van der Waals surface area contributed by atoms with Crippen LogP contribution in [0.4, 0.5) is 0 Å². The number of unbranched alkanes of at least 4 members (excludes halogenated alkanes) is 28. The van der Waals surface area contributed by atoms with E-state index in [-0.39, 0.29) is 0 Å². The molecule has 1 rings (SSSR count). The van der Waals surface area contributed by atoms with Gasteiger partial charge in [0.2, 0.25) is 0 Å². The summed E-state index contributed by atoms with van der Waals surface area (Å²) in [6.45, 7) is 9.42. The van der Waals surface area contributed by atoms with Gasteiger partial charge in [0.1, 0.15) is 12.4 Å². The Labute approximate surface area is 285 Å². The normalized spacial score (nSPS) is 13.1. The first-order valence-electron chi connectivity index (χ1n) is 21.3. The third kappa shape index (κ3) is 25.0. The zero-order valence-corrected chi connectivity index (χ0v) is 31.8. The third-order valence-corrected chi connectivity index (χ3v) is 10.6. The van der Waals surface area contributed by atoms with Gasteiger partial charge in [-0.2, -0.15) is 0 Å². The number of rotatable bonds is 36. The van der Waals surface area contributed by atoms with Gasteiger partial charge in [-0.1, -0.05) is 213 Å². The molecule has 0 radical (unpaired) electrons. The smallest absolute Gasteiger partial charge is 0.247 e. The Balaban J connectivity index is 2.40. The van der Waals surface area contributed by atoms with Gasteiger partial charge in [-0.05, 0) is 32.6 Å². The quantitative estimate of drug-likeness (QED) is 0.0563. The summed E-state index contributed by atoms with van der Waals surface area (Å²) < 4.78 is 2.64. The lowest BCUT2D eigenvalue weighted by Gasteiger charge is -2.17. The van der Waals surface area contributed by atoms with Crippen LogP contribution < -0.4 is 4.57 Å². The third-order valence-electron chi connectivity index (χ3n) is 10.6. The summed E-state index contributed by atoms with van der Waals surface area (Å²) in [6.07, 6.45) is 53.1. The molecule has 1 aromatic rings. The fourth-order valence-electron chi connectivity index (χ4n) is 7.49. The predicted octanol–water partition coefficient (Wildman–Crippen LogP) is 15.3. The van der Waals surface area contributed by atoms with Crippen molar-refractivity contribution in [2.75, 3.05) is 0 Å². The Hall–Kier alpha value is -0.790. The summed E-state index contributed by atoms with van der Waals surface area (Å²) in [5.41, 5.74) is 0. The lowest BCUT2D eigenvalue weighted by Crippen LogP contribution is -2.41. The second-order valence-electron chi connectivity index (χ2n) is 15.1. The molecule has 1 aromatic heterocycles. The van der Waals surface area contributed by atoms with Crippen molar-refractivity contribution in [1.82, 2.24) is 4.98 Å². The van der Waals surface area contributed by atoms with E-state index in [9.17, 15) is 0 Å². The molecule has 2 atom stereocenters. The van der Waals surface area contributed by atoms with Crippen LogP contribution in [-0.2, 0) is 0 Å². The second-order valence-corrected chi connectivity index (χ2v) is 15.1. The average Bonchev–Trinajstić information content (AvgIpc) is 3.54. The van der Waals surface area contributed by atoms with Gasteiger partial charge in [0.15, 0.2) is 0 Å². The number of H-pyrrole nitrogens is 1. The summed E-state index contributed by atoms with van der Waals surface area (Å²) in [6, 6.07) is 0.619. The van der Waals surface area contributed by atoms with Gasteiger partial charge in [-0.25, -0.2) is 9.55 Å². The van der Waals surface area contributed by atoms with E-state index in [0.717, 1.165) is 0 Å². The van der Waals surface area contributed by atoms with E-state index in [2.05, 4.69) is 49.6 Å². The molecule has 2 heteroatoms. The first-order chi connectivity index (χ1) is 22.2. The van der Waals surface area contributed by atoms with Crippen molar-refractivity contribution in [3.63, 3.8) is 0 Å². The maximum absolute atomic E-state index is 3.76. The molecule has 266 valence electrons. The van der Waals surface area contributed by atoms with Crippen molar-refractivity contribution < 1.29 is 4.57 Å². The Morgan fingerprint density at radius 1 is 0.422 bits per heavy atom. The first kappa shape index (κ1) is 42.2. The zero-order valence-electron chi connectivity index (χ0n) is 31.8. The minimum Gasteiger partial charge on any atom is -0.247 e. The molecule has 0 aliphatic heterocycles. The van der Waals surface area contributed by atoms with E-state index in [1.54, 1.807) is 0 Å². The highest BCUT2D eigenvalue weighted by Gasteiger charge is 2.25. The molecule has 2 unspecified atom stereocenters. The largest absolute Gasteiger partial charge is 0.257 e. The number of hydrogen-bond acceptors (Lipinski definition) is 0. The zero-order chi connectivity index (χ0) is 32.5. The van der Waals surface area contributed by atoms with Crippen LogP contribution >= 0.6 is 0 Å². The molecule has 0 saturated carbocycles. The Morgan fingerprint density at radius 3 is 1.04 bits per heavy atom. The van der Waals surface area contributed by atoms with Crippen LogP contribution in [0.5, 0.6) is 0 Å². The molecule has 0 spiro atoms. The molecule has 0 amide bonds. The lowest BCUT2D eigenvalue weighted by atomic mass is 9.92. The highest BCUT2D eigenvalue weighted by molar-refractivity contribution is 4.90. The van der Waals surface area contributed by atoms with E-state index in [1.165, 1.54) is 224 Å². The van der Waals surface area contributed by atoms with Gasteiger partial charge >= 0.3 is 0 Å². The van der Waals surface area contributed by atoms with Crippen LogP contribution in [-0.4, -0.2) is 4.98 Å². The van der Waals surface area contributed by atoms with Crippen LogP contribution in [0, 0.1) is 0 Å². The van der Waals surface area contributed by atoms with Gasteiger partial charge in [0, 0.05) is 0 Å². The van der Waals surface area contributed by atoms with E-state index in [4.69, 9.17) is 0 Å². The summed E-state index contributed by atoms with van der Waals surface area (Å²) in [5.74, 6) is 2.25. The molecule has 1 N–H and O–H groups in total. The van der Waals surface area contributed by atoms with Crippen molar-refractivity contribution in [1.29, 1.82) is 0 Å². The Kier molecular flexibility index (Phi) is 31.1. The SMILES string of the molecule is CCCCCCCCCCCCCCCC(CCCCCCCCCCCCC)c1[nH]cc[n+]1C(C)CCCCCCCCC. The van der Waals surface area contributed by atoms with E-state index in [0.29, 0.717) is 12.0 Å². The topological polar surface area (TPSA) is 19.7 Å². The summed E-state index contributed by atoms with van der Waals surface area (Å²) in [4.78, 5) is 3.76. The number of nitrogens with zero attached hydrogens (tertiary/aromatic N) is 1. The number of imidazole rings is 1. The maximum Gasteiger partial charge on any atom is 0.257 e. The number of nitrogens with one attached hydrogen (secondary N) is 1. The van der Waals surface area contributed by atoms with Crippen LogP contribution in [0.3, 0.4) is 0 Å². The highest BCUT2D eigenvalue weighted by Crippen LogP contribution is 2.27. The number of hydrogen-bond donors (Lipinski definition) is 1. The molecule has 0 fully saturated rings. The molecule has 1 heterocycles. The molecule has 0 aromatic carbocycles. The van der Waals surface area contributed by atoms with Gasteiger partial charge < -0.3 is 0 Å². The molecule has 0 saturated heterocycles. The van der Waals surface area contributed by atoms with Crippen molar-refractivity contribution in [3.8, 4) is 0 Å².